The van der Waals surface area contributed by atoms with Crippen LogP contribution in [0.2, 0.25) is 0 Å². The van der Waals surface area contributed by atoms with Crippen LogP contribution in [0.25, 0.3) is 112 Å². The lowest BCUT2D eigenvalue weighted by molar-refractivity contribution is 1.18. The molecule has 64 heavy (non-hydrogen) atoms. The molecular weight excluding hydrogens is 777 g/mol. The molecule has 0 fully saturated rings. The van der Waals surface area contributed by atoms with Crippen molar-refractivity contribution < 1.29 is 0 Å². The summed E-state index contributed by atoms with van der Waals surface area (Å²) in [4.78, 5) is 20.3. The zero-order chi connectivity index (χ0) is 42.8. The molecule has 0 spiro atoms. The van der Waals surface area contributed by atoms with Gasteiger partial charge in [0.05, 0.1) is 22.8 Å². The highest BCUT2D eigenvalue weighted by Crippen LogP contribution is 2.36. The molecule has 0 aliphatic carbocycles. The third-order valence-electron chi connectivity index (χ3n) is 11.8. The van der Waals surface area contributed by atoms with Crippen LogP contribution in [0.1, 0.15) is 5.56 Å². The van der Waals surface area contributed by atoms with E-state index in [0.717, 1.165) is 94.7 Å². The first kappa shape index (κ1) is 38.2. The van der Waals surface area contributed by atoms with Gasteiger partial charge in [-0.25, -0.2) is 19.9 Å². The quantitative estimate of drug-likeness (QED) is 0.143. The minimum absolute atomic E-state index is 0.683. The highest BCUT2D eigenvalue weighted by Gasteiger charge is 2.16. The molecule has 0 atom stereocenters. The van der Waals surface area contributed by atoms with Crippen LogP contribution in [0.4, 0.5) is 0 Å². The molecule has 2 aromatic heterocycles. The van der Waals surface area contributed by atoms with Gasteiger partial charge in [0.25, 0.3) is 0 Å². The second-order valence-electron chi connectivity index (χ2n) is 15.8. The summed E-state index contributed by atoms with van der Waals surface area (Å²) in [5.74, 6) is 4.34. The van der Waals surface area contributed by atoms with Crippen molar-refractivity contribution in [2.45, 2.75) is 0 Å². The molecule has 11 aromatic rings. The van der Waals surface area contributed by atoms with Crippen LogP contribution in [0.15, 0.2) is 224 Å². The Hall–Kier alpha value is -8.78. The number of nitrogens with zero attached hydrogens (tertiary/aromatic N) is 4. The van der Waals surface area contributed by atoms with Gasteiger partial charge in [0.15, 0.2) is 11.6 Å². The SMILES string of the molecule is C#Cc1cc(-c2ccc(-c3cc(-c4cccc5ccccc45)nc(-c4ccccc4)n3)cc2)ccc1-c1ccc(-c2cc(-c3cccc4ccccc34)nc(-c3ccccc3)n2)cc1. The lowest BCUT2D eigenvalue weighted by Crippen LogP contribution is -1.96. The Morgan fingerprint density at radius 3 is 1.19 bits per heavy atom. The number of fused-ring (bicyclic) bond motifs is 2. The topological polar surface area (TPSA) is 51.6 Å². The molecule has 0 saturated carbocycles. The fraction of sp³-hybridized carbons (Fsp3) is 0. The Morgan fingerprint density at radius 2 is 0.688 bits per heavy atom. The van der Waals surface area contributed by atoms with E-state index in [-0.39, 0.29) is 0 Å². The summed E-state index contributed by atoms with van der Waals surface area (Å²) in [7, 11) is 0. The largest absolute Gasteiger partial charge is 0.228 e. The van der Waals surface area contributed by atoms with Crippen LogP contribution in [0, 0.1) is 12.3 Å². The smallest absolute Gasteiger partial charge is 0.160 e. The van der Waals surface area contributed by atoms with Crippen LogP contribution in [-0.2, 0) is 0 Å². The van der Waals surface area contributed by atoms with Crippen molar-refractivity contribution in [3.63, 3.8) is 0 Å². The van der Waals surface area contributed by atoms with E-state index >= 15 is 0 Å². The Labute approximate surface area is 372 Å². The van der Waals surface area contributed by atoms with E-state index in [4.69, 9.17) is 26.4 Å². The average Bonchev–Trinajstić information content (AvgIpc) is 3.38. The van der Waals surface area contributed by atoms with Crippen LogP contribution >= 0.6 is 0 Å². The number of hydrogen-bond donors (Lipinski definition) is 0. The molecule has 298 valence electrons. The second-order valence-corrected chi connectivity index (χ2v) is 15.8. The minimum Gasteiger partial charge on any atom is -0.228 e. The molecule has 4 nitrogen and oxygen atoms in total. The first-order chi connectivity index (χ1) is 31.6. The van der Waals surface area contributed by atoms with Gasteiger partial charge in [-0.05, 0) is 62.0 Å². The minimum atomic E-state index is 0.683. The molecule has 9 aromatic carbocycles. The van der Waals surface area contributed by atoms with Crippen molar-refractivity contribution >= 4 is 21.5 Å². The third kappa shape index (κ3) is 7.38. The Kier molecular flexibility index (Phi) is 9.89. The monoisotopic (exact) mass is 814 g/mol. The van der Waals surface area contributed by atoms with Crippen molar-refractivity contribution in [1.82, 2.24) is 19.9 Å². The first-order valence-corrected chi connectivity index (χ1v) is 21.3. The van der Waals surface area contributed by atoms with Crippen molar-refractivity contribution in [2.24, 2.45) is 0 Å². The summed E-state index contributed by atoms with van der Waals surface area (Å²) in [6, 6.07) is 77.5. The lowest BCUT2D eigenvalue weighted by Gasteiger charge is -2.13. The van der Waals surface area contributed by atoms with E-state index in [1.54, 1.807) is 0 Å². The molecule has 0 N–H and O–H groups in total. The normalized spacial score (nSPS) is 11.1. The Balaban J connectivity index is 0.906. The average molecular weight is 815 g/mol. The van der Waals surface area contributed by atoms with Gasteiger partial charge in [0.1, 0.15) is 0 Å². The summed E-state index contributed by atoms with van der Waals surface area (Å²) < 4.78 is 0. The zero-order valence-electron chi connectivity index (χ0n) is 34.7. The van der Waals surface area contributed by atoms with Crippen molar-refractivity contribution in [3.05, 3.63) is 230 Å². The lowest BCUT2D eigenvalue weighted by atomic mass is 9.93. The summed E-state index contributed by atoms with van der Waals surface area (Å²) in [6.07, 6.45) is 6.22. The predicted molar refractivity (Wildman–Crippen MR) is 264 cm³/mol. The predicted octanol–water partition coefficient (Wildman–Crippen LogP) is 14.9. The highest BCUT2D eigenvalue weighted by atomic mass is 14.9. The second kappa shape index (κ2) is 16.6. The molecule has 2 heterocycles. The van der Waals surface area contributed by atoms with Gasteiger partial charge in [0, 0.05) is 38.9 Å². The van der Waals surface area contributed by atoms with Gasteiger partial charge in [0.2, 0.25) is 0 Å². The third-order valence-corrected chi connectivity index (χ3v) is 11.8. The number of rotatable bonds is 8. The van der Waals surface area contributed by atoms with Crippen LogP contribution in [0.5, 0.6) is 0 Å². The molecular formula is C60H38N4. The zero-order valence-corrected chi connectivity index (χ0v) is 34.7. The van der Waals surface area contributed by atoms with Crippen molar-refractivity contribution in [1.29, 1.82) is 0 Å². The number of aromatic nitrogens is 4. The molecule has 0 unspecified atom stereocenters. The van der Waals surface area contributed by atoms with Gasteiger partial charge in [-0.3, -0.25) is 0 Å². The van der Waals surface area contributed by atoms with Gasteiger partial charge in [-0.2, -0.15) is 0 Å². The first-order valence-electron chi connectivity index (χ1n) is 21.3. The summed E-state index contributed by atoms with van der Waals surface area (Å²) in [5, 5.41) is 4.65. The molecule has 0 radical (unpaired) electrons. The van der Waals surface area contributed by atoms with Gasteiger partial charge >= 0.3 is 0 Å². The van der Waals surface area contributed by atoms with E-state index in [1.165, 1.54) is 10.8 Å². The van der Waals surface area contributed by atoms with E-state index in [0.29, 0.717) is 11.6 Å². The number of terminal acetylenes is 1. The summed E-state index contributed by atoms with van der Waals surface area (Å²) in [5.41, 5.74) is 14.5. The molecule has 0 aliphatic heterocycles. The molecule has 0 bridgehead atoms. The van der Waals surface area contributed by atoms with Crippen LogP contribution in [0.3, 0.4) is 0 Å². The van der Waals surface area contributed by atoms with E-state index in [1.807, 2.05) is 36.4 Å². The summed E-state index contributed by atoms with van der Waals surface area (Å²) in [6.45, 7) is 0. The molecule has 0 aliphatic rings. The Morgan fingerprint density at radius 1 is 0.281 bits per heavy atom. The fourth-order valence-electron chi connectivity index (χ4n) is 8.55. The van der Waals surface area contributed by atoms with Crippen molar-refractivity contribution in [2.75, 3.05) is 0 Å². The number of hydrogen-bond acceptors (Lipinski definition) is 4. The Bertz CT molecular complexity index is 3530. The van der Waals surface area contributed by atoms with E-state index in [2.05, 4.69) is 194 Å². The summed E-state index contributed by atoms with van der Waals surface area (Å²) >= 11 is 0. The molecule has 0 amide bonds. The molecule has 11 rings (SSSR count). The van der Waals surface area contributed by atoms with E-state index < -0.39 is 0 Å². The van der Waals surface area contributed by atoms with Crippen LogP contribution < -0.4 is 0 Å². The molecule has 0 saturated heterocycles. The van der Waals surface area contributed by atoms with Gasteiger partial charge in [-0.15, -0.1) is 6.42 Å². The highest BCUT2D eigenvalue weighted by molar-refractivity contribution is 5.97. The van der Waals surface area contributed by atoms with Gasteiger partial charge in [-0.1, -0.05) is 212 Å². The maximum absolute atomic E-state index is 6.22. The standard InChI is InChI=1S/C60H38N4/c1-2-40-37-49(41-27-31-45(32-28-41)55-38-57(63-59(61-55)47-17-5-3-6-18-47)53-25-13-21-42-15-9-11-23-51(42)53)35-36-50(40)44-29-33-46(34-30-44)56-39-58(64-60(62-56)48-19-7-4-8-20-48)54-26-14-22-43-16-10-12-24-52(43)54/h1,3-39H. The van der Waals surface area contributed by atoms with Crippen molar-refractivity contribution in [3.8, 4) is 102 Å². The number of benzene rings is 9. The maximum Gasteiger partial charge on any atom is 0.160 e. The van der Waals surface area contributed by atoms with Gasteiger partial charge < -0.3 is 0 Å². The van der Waals surface area contributed by atoms with E-state index in [9.17, 15) is 0 Å². The molecule has 4 heteroatoms. The maximum atomic E-state index is 6.22. The fourth-order valence-corrected chi connectivity index (χ4v) is 8.55. The van der Waals surface area contributed by atoms with Crippen LogP contribution in [-0.4, -0.2) is 19.9 Å².